The number of carbonyl (C=O) groups excluding carboxylic acids is 2. The van der Waals surface area contributed by atoms with Gasteiger partial charge in [0.25, 0.3) is 11.8 Å². The molecule has 0 spiro atoms. The van der Waals surface area contributed by atoms with Gasteiger partial charge in [-0.3, -0.25) is 9.59 Å². The lowest BCUT2D eigenvalue weighted by Crippen LogP contribution is -2.28. The van der Waals surface area contributed by atoms with E-state index in [2.05, 4.69) is 15.6 Å². The molecule has 7 heteroatoms. The molecule has 0 unspecified atom stereocenters. The van der Waals surface area contributed by atoms with E-state index in [-0.39, 0.29) is 24.5 Å². The third kappa shape index (κ3) is 6.08. The number of aromatic nitrogens is 1. The van der Waals surface area contributed by atoms with Gasteiger partial charge in [-0.25, -0.2) is 4.98 Å². The van der Waals surface area contributed by atoms with Crippen molar-refractivity contribution < 1.29 is 19.1 Å². The van der Waals surface area contributed by atoms with Gasteiger partial charge in [-0.05, 0) is 51.1 Å². The molecule has 0 aliphatic heterocycles. The average molecular weight is 357 g/mol. The van der Waals surface area contributed by atoms with Crippen LogP contribution in [0.15, 0.2) is 42.6 Å². The molecule has 0 aliphatic rings. The number of pyridine rings is 1. The Balaban J connectivity index is 1.89. The molecular formula is C19H23N3O4. The summed E-state index contributed by atoms with van der Waals surface area (Å²) in [4.78, 5) is 27.7. The molecular weight excluding hydrogens is 334 g/mol. The van der Waals surface area contributed by atoms with Crippen molar-refractivity contribution in [2.75, 3.05) is 18.5 Å². The van der Waals surface area contributed by atoms with Gasteiger partial charge in [0.1, 0.15) is 5.75 Å². The SMILES string of the molecule is CCNC(=O)COc1ccc(NC(=O)c2ccc(OC(C)C)nc2)cc1. The second kappa shape index (κ2) is 9.41. The van der Waals surface area contributed by atoms with Crippen LogP contribution in [0.4, 0.5) is 5.69 Å². The van der Waals surface area contributed by atoms with E-state index >= 15 is 0 Å². The summed E-state index contributed by atoms with van der Waals surface area (Å²) in [5, 5.41) is 5.43. The minimum Gasteiger partial charge on any atom is -0.484 e. The first kappa shape index (κ1) is 19.2. The highest BCUT2D eigenvalue weighted by Crippen LogP contribution is 2.17. The smallest absolute Gasteiger partial charge is 0.257 e. The molecule has 0 bridgehead atoms. The maximum absolute atomic E-state index is 12.2. The Morgan fingerprint density at radius 3 is 2.42 bits per heavy atom. The van der Waals surface area contributed by atoms with Crippen LogP contribution in [0, 0.1) is 0 Å². The van der Waals surface area contributed by atoms with Crippen molar-refractivity contribution in [3.05, 3.63) is 48.2 Å². The molecule has 1 heterocycles. The number of nitrogens with one attached hydrogen (secondary N) is 2. The van der Waals surface area contributed by atoms with E-state index in [0.29, 0.717) is 29.4 Å². The van der Waals surface area contributed by atoms with Crippen LogP contribution in [0.3, 0.4) is 0 Å². The lowest BCUT2D eigenvalue weighted by Gasteiger charge is -2.10. The fourth-order valence-corrected chi connectivity index (χ4v) is 2.06. The third-order valence-electron chi connectivity index (χ3n) is 3.21. The van der Waals surface area contributed by atoms with Crippen molar-refractivity contribution in [1.82, 2.24) is 10.3 Å². The van der Waals surface area contributed by atoms with E-state index in [1.807, 2.05) is 20.8 Å². The summed E-state index contributed by atoms with van der Waals surface area (Å²) >= 11 is 0. The number of anilines is 1. The fraction of sp³-hybridized carbons (Fsp3) is 0.316. The van der Waals surface area contributed by atoms with Gasteiger partial charge >= 0.3 is 0 Å². The van der Waals surface area contributed by atoms with Crippen LogP contribution < -0.4 is 20.1 Å². The Labute approximate surface area is 152 Å². The predicted molar refractivity (Wildman–Crippen MR) is 98.6 cm³/mol. The van der Waals surface area contributed by atoms with E-state index in [4.69, 9.17) is 9.47 Å². The molecule has 2 N–H and O–H groups in total. The number of nitrogens with zero attached hydrogens (tertiary/aromatic N) is 1. The zero-order valence-electron chi connectivity index (χ0n) is 15.1. The molecule has 2 rings (SSSR count). The molecule has 2 aromatic rings. The Morgan fingerprint density at radius 2 is 1.85 bits per heavy atom. The highest BCUT2D eigenvalue weighted by Gasteiger charge is 2.08. The number of rotatable bonds is 8. The predicted octanol–water partition coefficient (Wildman–Crippen LogP) is 2.64. The molecule has 2 amide bonds. The Morgan fingerprint density at radius 1 is 1.12 bits per heavy atom. The van der Waals surface area contributed by atoms with E-state index < -0.39 is 0 Å². The van der Waals surface area contributed by atoms with E-state index in [1.54, 1.807) is 36.4 Å². The van der Waals surface area contributed by atoms with Gasteiger partial charge in [0.2, 0.25) is 5.88 Å². The fourth-order valence-electron chi connectivity index (χ4n) is 2.06. The van der Waals surface area contributed by atoms with Crippen LogP contribution in [0.5, 0.6) is 11.6 Å². The van der Waals surface area contributed by atoms with Crippen LogP contribution >= 0.6 is 0 Å². The topological polar surface area (TPSA) is 89.6 Å². The van der Waals surface area contributed by atoms with Crippen molar-refractivity contribution in [2.24, 2.45) is 0 Å². The zero-order valence-corrected chi connectivity index (χ0v) is 15.1. The molecule has 138 valence electrons. The zero-order chi connectivity index (χ0) is 18.9. The van der Waals surface area contributed by atoms with Crippen molar-refractivity contribution in [1.29, 1.82) is 0 Å². The number of benzene rings is 1. The Kier molecular flexibility index (Phi) is 6.96. The number of hydrogen-bond acceptors (Lipinski definition) is 5. The normalized spacial score (nSPS) is 10.3. The van der Waals surface area contributed by atoms with Crippen molar-refractivity contribution in [2.45, 2.75) is 26.9 Å². The van der Waals surface area contributed by atoms with E-state index in [0.717, 1.165) is 0 Å². The van der Waals surface area contributed by atoms with Crippen LogP contribution in [0.1, 0.15) is 31.1 Å². The molecule has 0 saturated heterocycles. The monoisotopic (exact) mass is 357 g/mol. The first-order valence-electron chi connectivity index (χ1n) is 8.41. The Bertz CT molecular complexity index is 727. The lowest BCUT2D eigenvalue weighted by atomic mass is 10.2. The molecule has 1 aromatic heterocycles. The van der Waals surface area contributed by atoms with Crippen molar-refractivity contribution in [3.63, 3.8) is 0 Å². The molecule has 0 atom stereocenters. The van der Waals surface area contributed by atoms with Crippen molar-refractivity contribution >= 4 is 17.5 Å². The highest BCUT2D eigenvalue weighted by molar-refractivity contribution is 6.04. The van der Waals surface area contributed by atoms with Gasteiger partial charge in [0, 0.05) is 24.5 Å². The number of carbonyl (C=O) groups is 2. The van der Waals surface area contributed by atoms with Crippen molar-refractivity contribution in [3.8, 4) is 11.6 Å². The van der Waals surface area contributed by atoms with Gasteiger partial charge in [0.05, 0.1) is 11.7 Å². The summed E-state index contributed by atoms with van der Waals surface area (Å²) in [6.45, 7) is 6.18. The van der Waals surface area contributed by atoms with Gasteiger partial charge in [-0.2, -0.15) is 0 Å². The first-order chi connectivity index (χ1) is 12.5. The maximum atomic E-state index is 12.2. The first-order valence-corrected chi connectivity index (χ1v) is 8.41. The minimum atomic E-state index is -0.274. The minimum absolute atomic E-state index is 0.0240. The summed E-state index contributed by atoms with van der Waals surface area (Å²) in [5.74, 6) is 0.572. The van der Waals surface area contributed by atoms with Crippen LogP contribution in [-0.4, -0.2) is 36.1 Å². The average Bonchev–Trinajstić information content (AvgIpc) is 2.61. The van der Waals surface area contributed by atoms with Gasteiger partial charge in [-0.15, -0.1) is 0 Å². The third-order valence-corrected chi connectivity index (χ3v) is 3.21. The Hall–Kier alpha value is -3.09. The molecule has 1 aromatic carbocycles. The summed E-state index contributed by atoms with van der Waals surface area (Å²) in [6, 6.07) is 10.1. The number of ether oxygens (including phenoxy) is 2. The van der Waals surface area contributed by atoms with Crippen LogP contribution in [0.25, 0.3) is 0 Å². The summed E-state index contributed by atoms with van der Waals surface area (Å²) in [7, 11) is 0. The number of amides is 2. The highest BCUT2D eigenvalue weighted by atomic mass is 16.5. The number of likely N-dealkylation sites (N-methyl/N-ethyl adjacent to an activating group) is 1. The van der Waals surface area contributed by atoms with Gasteiger partial charge in [-0.1, -0.05) is 0 Å². The summed E-state index contributed by atoms with van der Waals surface area (Å²) in [5.41, 5.74) is 1.04. The standard InChI is InChI=1S/C19H23N3O4/c1-4-20-17(23)12-25-16-8-6-15(7-9-16)22-19(24)14-5-10-18(21-11-14)26-13(2)3/h5-11,13H,4,12H2,1-3H3,(H,20,23)(H,22,24). The number of hydrogen-bond donors (Lipinski definition) is 2. The second-order valence-corrected chi connectivity index (χ2v) is 5.77. The molecule has 7 nitrogen and oxygen atoms in total. The molecule has 26 heavy (non-hydrogen) atoms. The van der Waals surface area contributed by atoms with E-state index in [9.17, 15) is 9.59 Å². The van der Waals surface area contributed by atoms with Gasteiger partial charge in [0.15, 0.2) is 6.61 Å². The molecule has 0 fully saturated rings. The molecule has 0 aliphatic carbocycles. The van der Waals surface area contributed by atoms with E-state index in [1.165, 1.54) is 6.20 Å². The summed E-state index contributed by atoms with van der Waals surface area (Å²) < 4.78 is 10.8. The molecule has 0 radical (unpaired) electrons. The maximum Gasteiger partial charge on any atom is 0.257 e. The second-order valence-electron chi connectivity index (χ2n) is 5.77. The summed E-state index contributed by atoms with van der Waals surface area (Å²) in [6.07, 6.45) is 1.49. The largest absolute Gasteiger partial charge is 0.484 e. The quantitative estimate of drug-likeness (QED) is 0.758. The molecule has 0 saturated carbocycles. The van der Waals surface area contributed by atoms with Gasteiger partial charge < -0.3 is 20.1 Å². The van der Waals surface area contributed by atoms with Crippen LogP contribution in [0.2, 0.25) is 0 Å². The van der Waals surface area contributed by atoms with Crippen LogP contribution in [-0.2, 0) is 4.79 Å². The lowest BCUT2D eigenvalue weighted by molar-refractivity contribution is -0.122.